The van der Waals surface area contributed by atoms with Gasteiger partial charge in [-0.15, -0.1) is 0 Å². The van der Waals surface area contributed by atoms with Gasteiger partial charge in [-0.3, -0.25) is 4.79 Å². The average molecular weight is 216 g/mol. The second-order valence-corrected chi connectivity index (χ2v) is 4.41. The maximum Gasteiger partial charge on any atom is 0.224 e. The number of carbonyl (C=O) groups excluding carboxylic acids is 1. The molecule has 15 heavy (non-hydrogen) atoms. The number of amides is 1. The van der Waals surface area contributed by atoms with Crippen LogP contribution >= 0.6 is 0 Å². The van der Waals surface area contributed by atoms with Gasteiger partial charge in [-0.25, -0.2) is 0 Å². The normalized spacial score (nSPS) is 22.5. The molecule has 0 unspecified atom stereocenters. The number of aliphatic hydroxyl groups is 2. The van der Waals surface area contributed by atoms with E-state index in [0.717, 1.165) is 19.4 Å². The molecule has 1 rings (SSSR count). The van der Waals surface area contributed by atoms with Gasteiger partial charge in [0.15, 0.2) is 0 Å². The fourth-order valence-electron chi connectivity index (χ4n) is 1.60. The molecule has 88 valence electrons. The quantitative estimate of drug-likeness (QED) is 0.478. The molecule has 0 radical (unpaired) electrons. The van der Waals surface area contributed by atoms with Gasteiger partial charge in [0.2, 0.25) is 5.91 Å². The fourth-order valence-corrected chi connectivity index (χ4v) is 1.60. The summed E-state index contributed by atoms with van der Waals surface area (Å²) in [5.41, 5.74) is -0.908. The summed E-state index contributed by atoms with van der Waals surface area (Å²) in [6, 6.07) is 0. The van der Waals surface area contributed by atoms with Gasteiger partial charge in [0.25, 0.3) is 0 Å². The first-order valence-corrected chi connectivity index (χ1v) is 5.36. The van der Waals surface area contributed by atoms with Crippen molar-refractivity contribution in [3.8, 4) is 0 Å². The second kappa shape index (κ2) is 5.44. The van der Waals surface area contributed by atoms with E-state index in [9.17, 15) is 4.79 Å². The molecular formula is C10H20N2O3. The average Bonchev–Trinajstić information content (AvgIpc) is 2.30. The Balaban J connectivity index is 2.46. The highest BCUT2D eigenvalue weighted by Crippen LogP contribution is 2.12. The van der Waals surface area contributed by atoms with Crippen LogP contribution in [0, 0.1) is 5.92 Å². The van der Waals surface area contributed by atoms with Gasteiger partial charge in [-0.05, 0) is 26.3 Å². The number of aliphatic hydroxyl groups excluding tert-OH is 2. The van der Waals surface area contributed by atoms with E-state index in [2.05, 4.69) is 10.6 Å². The third-order valence-electron chi connectivity index (χ3n) is 2.79. The van der Waals surface area contributed by atoms with Crippen molar-refractivity contribution in [3.63, 3.8) is 0 Å². The Bertz CT molecular complexity index is 211. The Morgan fingerprint density at radius 1 is 1.53 bits per heavy atom. The highest BCUT2D eigenvalue weighted by molar-refractivity contribution is 5.79. The molecule has 0 aliphatic carbocycles. The number of nitrogens with one attached hydrogen (secondary N) is 2. The molecule has 1 aliphatic rings. The molecule has 1 aliphatic heterocycles. The zero-order valence-corrected chi connectivity index (χ0v) is 9.12. The topological polar surface area (TPSA) is 81.6 Å². The lowest BCUT2D eigenvalue weighted by atomic mass is 9.96. The van der Waals surface area contributed by atoms with Gasteiger partial charge in [0.1, 0.15) is 0 Å². The summed E-state index contributed by atoms with van der Waals surface area (Å²) in [6.45, 7) is 2.76. The van der Waals surface area contributed by atoms with Crippen LogP contribution in [0.2, 0.25) is 0 Å². The largest absolute Gasteiger partial charge is 0.394 e. The van der Waals surface area contributed by atoms with Gasteiger partial charge in [0, 0.05) is 6.54 Å². The van der Waals surface area contributed by atoms with Crippen LogP contribution in [0.15, 0.2) is 0 Å². The summed E-state index contributed by atoms with van der Waals surface area (Å²) >= 11 is 0. The lowest BCUT2D eigenvalue weighted by Crippen LogP contribution is -2.55. The lowest BCUT2D eigenvalue weighted by Gasteiger charge is -2.30. The predicted molar refractivity (Wildman–Crippen MR) is 56.3 cm³/mol. The van der Waals surface area contributed by atoms with E-state index in [1.807, 2.05) is 0 Å². The van der Waals surface area contributed by atoms with Gasteiger partial charge in [0.05, 0.1) is 24.7 Å². The SMILES string of the molecule is CC(CO)(CO)NC(=O)[C@@H]1CCCNC1. The van der Waals surface area contributed by atoms with Crippen molar-refractivity contribution in [2.24, 2.45) is 5.92 Å². The maximum absolute atomic E-state index is 11.8. The van der Waals surface area contributed by atoms with Gasteiger partial charge in [-0.2, -0.15) is 0 Å². The van der Waals surface area contributed by atoms with Gasteiger partial charge in [-0.1, -0.05) is 0 Å². The summed E-state index contributed by atoms with van der Waals surface area (Å²) in [5.74, 6) is -0.135. The van der Waals surface area contributed by atoms with E-state index in [4.69, 9.17) is 10.2 Å². The van der Waals surface area contributed by atoms with Crippen molar-refractivity contribution < 1.29 is 15.0 Å². The highest BCUT2D eigenvalue weighted by atomic mass is 16.3. The van der Waals surface area contributed by atoms with Crippen LogP contribution in [0.4, 0.5) is 0 Å². The summed E-state index contributed by atoms with van der Waals surface area (Å²) in [4.78, 5) is 11.8. The molecule has 1 saturated heterocycles. The van der Waals surface area contributed by atoms with Crippen LogP contribution < -0.4 is 10.6 Å². The molecule has 1 heterocycles. The molecule has 4 N–H and O–H groups in total. The fraction of sp³-hybridized carbons (Fsp3) is 0.900. The van der Waals surface area contributed by atoms with E-state index in [1.165, 1.54) is 0 Å². The Labute approximate surface area is 89.9 Å². The zero-order chi connectivity index (χ0) is 11.3. The Morgan fingerprint density at radius 2 is 2.20 bits per heavy atom. The first kappa shape index (κ1) is 12.4. The molecule has 0 aromatic carbocycles. The van der Waals surface area contributed by atoms with E-state index in [0.29, 0.717) is 6.54 Å². The minimum Gasteiger partial charge on any atom is -0.394 e. The van der Waals surface area contributed by atoms with Crippen molar-refractivity contribution >= 4 is 5.91 Å². The molecule has 0 bridgehead atoms. The van der Waals surface area contributed by atoms with Crippen molar-refractivity contribution in [1.29, 1.82) is 0 Å². The third-order valence-corrected chi connectivity index (χ3v) is 2.79. The van der Waals surface area contributed by atoms with Crippen LogP contribution in [0.1, 0.15) is 19.8 Å². The molecular weight excluding hydrogens is 196 g/mol. The van der Waals surface area contributed by atoms with Crippen molar-refractivity contribution in [2.75, 3.05) is 26.3 Å². The van der Waals surface area contributed by atoms with Crippen LogP contribution in [0.25, 0.3) is 0 Å². The molecule has 1 fully saturated rings. The standard InChI is InChI=1S/C10H20N2O3/c1-10(6-13,7-14)12-9(15)8-3-2-4-11-5-8/h8,11,13-14H,2-7H2,1H3,(H,12,15)/t8-/m1/s1. The van der Waals surface area contributed by atoms with Crippen molar-refractivity contribution in [1.82, 2.24) is 10.6 Å². The van der Waals surface area contributed by atoms with Gasteiger partial charge < -0.3 is 20.8 Å². The van der Waals surface area contributed by atoms with Crippen LogP contribution in [0.5, 0.6) is 0 Å². The first-order chi connectivity index (χ1) is 7.11. The Kier molecular flexibility index (Phi) is 4.50. The highest BCUT2D eigenvalue weighted by Gasteiger charge is 2.29. The molecule has 1 atom stereocenters. The summed E-state index contributed by atoms with van der Waals surface area (Å²) in [7, 11) is 0. The molecule has 1 amide bonds. The number of rotatable bonds is 4. The summed E-state index contributed by atoms with van der Waals surface area (Å²) in [5, 5.41) is 23.9. The monoisotopic (exact) mass is 216 g/mol. The van der Waals surface area contributed by atoms with Gasteiger partial charge >= 0.3 is 0 Å². The molecule has 0 aromatic heterocycles. The number of hydrogen-bond acceptors (Lipinski definition) is 4. The predicted octanol–water partition coefficient (Wildman–Crippen LogP) is -1.15. The maximum atomic E-state index is 11.8. The van der Waals surface area contributed by atoms with E-state index in [-0.39, 0.29) is 25.0 Å². The second-order valence-electron chi connectivity index (χ2n) is 4.41. The summed E-state index contributed by atoms with van der Waals surface area (Å²) in [6.07, 6.45) is 1.86. The van der Waals surface area contributed by atoms with E-state index < -0.39 is 5.54 Å². The minimum atomic E-state index is -0.908. The minimum absolute atomic E-state index is 0.0452. The van der Waals surface area contributed by atoms with E-state index >= 15 is 0 Å². The summed E-state index contributed by atoms with van der Waals surface area (Å²) < 4.78 is 0. The van der Waals surface area contributed by atoms with Crippen LogP contribution in [0.3, 0.4) is 0 Å². The Hall–Kier alpha value is -0.650. The van der Waals surface area contributed by atoms with Crippen molar-refractivity contribution in [2.45, 2.75) is 25.3 Å². The smallest absolute Gasteiger partial charge is 0.224 e. The molecule has 0 aromatic rings. The molecule has 5 heteroatoms. The lowest BCUT2D eigenvalue weighted by molar-refractivity contribution is -0.128. The third kappa shape index (κ3) is 3.44. The molecule has 0 spiro atoms. The number of piperidine rings is 1. The van der Waals surface area contributed by atoms with Crippen LogP contribution in [-0.4, -0.2) is 48.0 Å². The van der Waals surface area contributed by atoms with Crippen molar-refractivity contribution in [3.05, 3.63) is 0 Å². The first-order valence-electron chi connectivity index (χ1n) is 5.36. The Morgan fingerprint density at radius 3 is 2.67 bits per heavy atom. The number of hydrogen-bond donors (Lipinski definition) is 4. The number of carbonyl (C=O) groups is 1. The molecule has 0 saturated carbocycles. The molecule has 5 nitrogen and oxygen atoms in total. The van der Waals surface area contributed by atoms with E-state index in [1.54, 1.807) is 6.92 Å². The van der Waals surface area contributed by atoms with Crippen LogP contribution in [-0.2, 0) is 4.79 Å². The zero-order valence-electron chi connectivity index (χ0n) is 9.12.